The summed E-state index contributed by atoms with van der Waals surface area (Å²) in [4.78, 5) is 37.6. The standard InChI is InChI=1S/C20H23N3O4/c1-6-20(7-2,8-3)22-15-14(17(25)18(15)26)21-13-11-9-10-12(16(13)24)19(27)23(4)5/h1,9-11,21-22,24H,7-8H2,2-5H3. The molecule has 0 heterocycles. The van der Waals surface area contributed by atoms with E-state index in [1.54, 1.807) is 20.2 Å². The summed E-state index contributed by atoms with van der Waals surface area (Å²) in [6.07, 6.45) is 6.74. The van der Waals surface area contributed by atoms with Crippen LogP contribution in [0.1, 0.15) is 37.0 Å². The van der Waals surface area contributed by atoms with Crippen LogP contribution in [0.15, 0.2) is 27.8 Å². The second-order valence-corrected chi connectivity index (χ2v) is 6.49. The summed E-state index contributed by atoms with van der Waals surface area (Å²) in [7, 11) is 3.13. The van der Waals surface area contributed by atoms with Crippen molar-refractivity contribution < 1.29 is 9.90 Å². The van der Waals surface area contributed by atoms with Gasteiger partial charge in [0.25, 0.3) is 16.8 Å². The third-order valence-corrected chi connectivity index (χ3v) is 4.69. The van der Waals surface area contributed by atoms with E-state index >= 15 is 0 Å². The average Bonchev–Trinajstić information content (AvgIpc) is 2.68. The average molecular weight is 369 g/mol. The van der Waals surface area contributed by atoms with Gasteiger partial charge in [-0.2, -0.15) is 0 Å². The molecule has 2 aromatic rings. The maximum Gasteiger partial charge on any atom is 0.257 e. The number of hydrogen-bond donors (Lipinski definition) is 3. The summed E-state index contributed by atoms with van der Waals surface area (Å²) in [6.45, 7) is 3.77. The predicted octanol–water partition coefficient (Wildman–Crippen LogP) is 2.04. The van der Waals surface area contributed by atoms with E-state index in [-0.39, 0.29) is 34.3 Å². The van der Waals surface area contributed by atoms with Gasteiger partial charge in [0.15, 0.2) is 5.75 Å². The van der Waals surface area contributed by atoms with Gasteiger partial charge in [-0.05, 0) is 25.0 Å². The predicted molar refractivity (Wildman–Crippen MR) is 107 cm³/mol. The molecule has 142 valence electrons. The molecule has 7 heteroatoms. The number of terminal acetylenes is 1. The maximum absolute atomic E-state index is 12.1. The summed E-state index contributed by atoms with van der Waals surface area (Å²) in [6, 6.07) is 4.56. The normalized spacial score (nSPS) is 11.1. The lowest BCUT2D eigenvalue weighted by Gasteiger charge is -2.30. The smallest absolute Gasteiger partial charge is 0.257 e. The highest BCUT2D eigenvalue weighted by molar-refractivity contribution is 5.99. The van der Waals surface area contributed by atoms with Gasteiger partial charge in [0.2, 0.25) is 0 Å². The van der Waals surface area contributed by atoms with Crippen LogP contribution < -0.4 is 21.5 Å². The van der Waals surface area contributed by atoms with Gasteiger partial charge in [-0.15, -0.1) is 6.42 Å². The molecule has 1 amide bonds. The van der Waals surface area contributed by atoms with Crippen molar-refractivity contribution in [1.29, 1.82) is 0 Å². The van der Waals surface area contributed by atoms with Crippen LogP contribution in [0.4, 0.5) is 17.1 Å². The van der Waals surface area contributed by atoms with E-state index in [1.165, 1.54) is 17.0 Å². The zero-order valence-electron chi connectivity index (χ0n) is 15.8. The van der Waals surface area contributed by atoms with Crippen LogP contribution in [0.3, 0.4) is 0 Å². The Hall–Kier alpha value is -3.27. The molecule has 0 fully saturated rings. The molecule has 0 bridgehead atoms. The van der Waals surface area contributed by atoms with Crippen LogP contribution in [-0.2, 0) is 0 Å². The van der Waals surface area contributed by atoms with E-state index in [9.17, 15) is 19.5 Å². The van der Waals surface area contributed by atoms with Crippen molar-refractivity contribution in [3.05, 3.63) is 44.2 Å². The number of phenols is 1. The quantitative estimate of drug-likeness (QED) is 0.392. The summed E-state index contributed by atoms with van der Waals surface area (Å²) in [5, 5.41) is 16.2. The van der Waals surface area contributed by atoms with E-state index < -0.39 is 16.4 Å². The highest BCUT2D eigenvalue weighted by atomic mass is 16.3. The molecular weight excluding hydrogens is 346 g/mol. The van der Waals surface area contributed by atoms with Gasteiger partial charge in [-0.25, -0.2) is 0 Å². The van der Waals surface area contributed by atoms with Crippen LogP contribution in [0.25, 0.3) is 0 Å². The Morgan fingerprint density at radius 3 is 2.30 bits per heavy atom. The largest absolute Gasteiger partial charge is 0.505 e. The van der Waals surface area contributed by atoms with E-state index in [4.69, 9.17) is 6.42 Å². The fourth-order valence-electron chi connectivity index (χ4n) is 2.73. The molecule has 0 aromatic heterocycles. The van der Waals surface area contributed by atoms with Crippen LogP contribution in [0.5, 0.6) is 5.75 Å². The molecule has 0 atom stereocenters. The minimum atomic E-state index is -0.747. The van der Waals surface area contributed by atoms with E-state index in [2.05, 4.69) is 16.6 Å². The fraction of sp³-hybridized carbons (Fsp3) is 0.350. The van der Waals surface area contributed by atoms with Gasteiger partial charge in [0.05, 0.1) is 16.8 Å². The van der Waals surface area contributed by atoms with Crippen molar-refractivity contribution in [3.63, 3.8) is 0 Å². The second kappa shape index (κ2) is 7.54. The molecule has 2 aromatic carbocycles. The van der Waals surface area contributed by atoms with Crippen molar-refractivity contribution in [3.8, 4) is 18.1 Å². The highest BCUT2D eigenvalue weighted by Gasteiger charge is 2.30. The molecule has 0 unspecified atom stereocenters. The summed E-state index contributed by atoms with van der Waals surface area (Å²) < 4.78 is 0. The van der Waals surface area contributed by atoms with Crippen LogP contribution in [-0.4, -0.2) is 35.5 Å². The third kappa shape index (κ3) is 3.51. The Kier molecular flexibility index (Phi) is 5.60. The first-order valence-electron chi connectivity index (χ1n) is 8.61. The van der Waals surface area contributed by atoms with Gasteiger partial charge in [-0.1, -0.05) is 25.8 Å². The number of hydrogen-bond acceptors (Lipinski definition) is 6. The first kappa shape index (κ1) is 20.0. The summed E-state index contributed by atoms with van der Waals surface area (Å²) in [5.74, 6) is 1.96. The number of carbonyl (C=O) groups excluding carboxylic acids is 1. The highest BCUT2D eigenvalue weighted by Crippen LogP contribution is 2.33. The second-order valence-electron chi connectivity index (χ2n) is 6.49. The van der Waals surface area contributed by atoms with Gasteiger partial charge in [-0.3, -0.25) is 14.4 Å². The van der Waals surface area contributed by atoms with Crippen molar-refractivity contribution in [2.75, 3.05) is 24.7 Å². The van der Waals surface area contributed by atoms with Crippen molar-refractivity contribution >= 4 is 23.0 Å². The van der Waals surface area contributed by atoms with Gasteiger partial charge in [0.1, 0.15) is 11.4 Å². The molecule has 7 nitrogen and oxygen atoms in total. The monoisotopic (exact) mass is 369 g/mol. The van der Waals surface area contributed by atoms with E-state index in [1.807, 2.05) is 13.8 Å². The van der Waals surface area contributed by atoms with Gasteiger partial charge in [0, 0.05) is 14.1 Å². The lowest BCUT2D eigenvalue weighted by atomic mass is 9.92. The zero-order valence-corrected chi connectivity index (χ0v) is 15.8. The minimum Gasteiger partial charge on any atom is -0.505 e. The Morgan fingerprint density at radius 1 is 1.19 bits per heavy atom. The van der Waals surface area contributed by atoms with Crippen LogP contribution >= 0.6 is 0 Å². The molecule has 27 heavy (non-hydrogen) atoms. The van der Waals surface area contributed by atoms with Crippen LogP contribution in [0.2, 0.25) is 0 Å². The number of aromatic hydroxyl groups is 1. The lowest BCUT2D eigenvalue weighted by molar-refractivity contribution is 0.0824. The van der Waals surface area contributed by atoms with E-state index in [0.29, 0.717) is 12.8 Å². The number of nitrogens with zero attached hydrogens (tertiary/aromatic N) is 1. The van der Waals surface area contributed by atoms with Gasteiger partial charge < -0.3 is 20.6 Å². The SMILES string of the molecule is C#CC(CC)(CC)Nc1c(Nc2cccc(C(=O)N(C)C)c2O)c(=O)c1=O. The lowest BCUT2D eigenvalue weighted by Crippen LogP contribution is -2.44. The fourth-order valence-corrected chi connectivity index (χ4v) is 2.73. The number of anilines is 3. The molecule has 2 rings (SSSR count). The first-order chi connectivity index (χ1) is 12.7. The Bertz CT molecular complexity index is 974. The number of para-hydroxylation sites is 1. The molecule has 0 radical (unpaired) electrons. The Balaban J connectivity index is 2.41. The molecule has 0 saturated heterocycles. The first-order valence-corrected chi connectivity index (χ1v) is 8.61. The minimum absolute atomic E-state index is 0.0197. The number of benzene rings is 1. The molecule has 0 aliphatic heterocycles. The summed E-state index contributed by atoms with van der Waals surface area (Å²) >= 11 is 0. The zero-order chi connectivity index (χ0) is 20.4. The van der Waals surface area contributed by atoms with Crippen molar-refractivity contribution in [1.82, 2.24) is 4.90 Å². The molecular formula is C20H23N3O4. The number of amides is 1. The van der Waals surface area contributed by atoms with Crippen molar-refractivity contribution in [2.45, 2.75) is 32.2 Å². The van der Waals surface area contributed by atoms with Crippen LogP contribution in [0, 0.1) is 12.3 Å². The number of carbonyl (C=O) groups is 1. The molecule has 0 aliphatic carbocycles. The van der Waals surface area contributed by atoms with Crippen molar-refractivity contribution in [2.24, 2.45) is 0 Å². The topological polar surface area (TPSA) is 98.7 Å². The Morgan fingerprint density at radius 2 is 1.78 bits per heavy atom. The molecule has 0 saturated carbocycles. The number of nitrogens with one attached hydrogen (secondary N) is 2. The summed E-state index contributed by atoms with van der Waals surface area (Å²) in [5.41, 5.74) is -1.78. The molecule has 0 aliphatic rings. The molecule has 0 spiro atoms. The number of rotatable bonds is 7. The van der Waals surface area contributed by atoms with E-state index in [0.717, 1.165) is 0 Å². The third-order valence-electron chi connectivity index (χ3n) is 4.69. The maximum atomic E-state index is 12.1. The van der Waals surface area contributed by atoms with Gasteiger partial charge >= 0.3 is 0 Å². The Labute approximate surface area is 157 Å². The number of phenolic OH excluding ortho intramolecular Hbond substituents is 1. The molecule has 3 N–H and O–H groups in total.